The van der Waals surface area contributed by atoms with Gasteiger partial charge in [0.05, 0.1) is 0 Å². The Morgan fingerprint density at radius 1 is 1.64 bits per heavy atom. The molecule has 0 bridgehead atoms. The third-order valence-corrected chi connectivity index (χ3v) is 1.17. The second-order valence-electron chi connectivity index (χ2n) is 2.01. The maximum atomic E-state index is 10.3. The van der Waals surface area contributed by atoms with Crippen LogP contribution in [0.5, 0.6) is 0 Å². The molecule has 1 rings (SSSR count). The summed E-state index contributed by atoms with van der Waals surface area (Å²) in [6, 6.07) is 3.04. The van der Waals surface area contributed by atoms with Crippen molar-refractivity contribution in [1.82, 2.24) is 0 Å². The van der Waals surface area contributed by atoms with Crippen molar-refractivity contribution in [1.29, 1.82) is 0 Å². The van der Waals surface area contributed by atoms with Gasteiger partial charge in [-0.3, -0.25) is 0 Å². The van der Waals surface area contributed by atoms with Gasteiger partial charge < -0.3 is 9.52 Å². The highest BCUT2D eigenvalue weighted by Crippen LogP contribution is 2.08. The predicted molar refractivity (Wildman–Crippen MR) is 40.4 cm³/mol. The number of furan rings is 1. The van der Waals surface area contributed by atoms with Crippen LogP contribution >= 0.6 is 0 Å². The number of carboxylic acids is 1. The van der Waals surface area contributed by atoms with E-state index >= 15 is 0 Å². The first-order chi connectivity index (χ1) is 5.24. The van der Waals surface area contributed by atoms with E-state index in [9.17, 15) is 4.79 Å². The molecule has 0 unspecified atom stereocenters. The lowest BCUT2D eigenvalue weighted by molar-refractivity contribution is 0.0662. The highest BCUT2D eigenvalue weighted by Gasteiger charge is 2.05. The molecular weight excluding hydrogens is 144 g/mol. The van der Waals surface area contributed by atoms with Crippen LogP contribution in [-0.4, -0.2) is 11.1 Å². The Hall–Kier alpha value is -1.51. The molecular formula is C8H8O3. The summed E-state index contributed by atoms with van der Waals surface area (Å²) in [5.74, 6) is -0.510. The summed E-state index contributed by atoms with van der Waals surface area (Å²) in [7, 11) is 0. The van der Waals surface area contributed by atoms with E-state index in [4.69, 9.17) is 9.52 Å². The summed E-state index contributed by atoms with van der Waals surface area (Å²) in [5, 5.41) is 8.45. The van der Waals surface area contributed by atoms with Crippen molar-refractivity contribution in [3.8, 4) is 0 Å². The second-order valence-corrected chi connectivity index (χ2v) is 2.01. The smallest absolute Gasteiger partial charge is 0.371 e. The van der Waals surface area contributed by atoms with Gasteiger partial charge in [0.1, 0.15) is 5.76 Å². The van der Waals surface area contributed by atoms with Crippen LogP contribution in [0.3, 0.4) is 0 Å². The van der Waals surface area contributed by atoms with E-state index in [0.29, 0.717) is 5.76 Å². The Labute approximate surface area is 64.0 Å². The van der Waals surface area contributed by atoms with Gasteiger partial charge >= 0.3 is 5.97 Å². The van der Waals surface area contributed by atoms with Crippen LogP contribution in [0.15, 0.2) is 22.6 Å². The van der Waals surface area contributed by atoms with Crippen LogP contribution in [0.2, 0.25) is 0 Å². The highest BCUT2D eigenvalue weighted by molar-refractivity contribution is 5.84. The van der Waals surface area contributed by atoms with E-state index in [1.54, 1.807) is 18.2 Å². The Morgan fingerprint density at radius 2 is 2.36 bits per heavy atom. The topological polar surface area (TPSA) is 50.4 Å². The maximum Gasteiger partial charge on any atom is 0.371 e. The second kappa shape index (κ2) is 3.05. The molecule has 1 heterocycles. The molecule has 0 amide bonds. The zero-order valence-corrected chi connectivity index (χ0v) is 6.07. The van der Waals surface area contributed by atoms with E-state index in [1.165, 1.54) is 6.07 Å². The van der Waals surface area contributed by atoms with Crippen LogP contribution in [0.1, 0.15) is 23.2 Å². The van der Waals surface area contributed by atoms with Crippen molar-refractivity contribution in [2.75, 3.05) is 0 Å². The Morgan fingerprint density at radius 3 is 2.82 bits per heavy atom. The van der Waals surface area contributed by atoms with E-state index in [0.717, 1.165) is 0 Å². The van der Waals surface area contributed by atoms with E-state index in [1.807, 2.05) is 6.92 Å². The lowest BCUT2D eigenvalue weighted by Crippen LogP contribution is -1.91. The van der Waals surface area contributed by atoms with E-state index in [2.05, 4.69) is 0 Å². The first kappa shape index (κ1) is 7.60. The van der Waals surface area contributed by atoms with Gasteiger partial charge in [0.15, 0.2) is 0 Å². The molecule has 3 nitrogen and oxygen atoms in total. The van der Waals surface area contributed by atoms with Crippen molar-refractivity contribution in [3.63, 3.8) is 0 Å². The molecule has 58 valence electrons. The summed E-state index contributed by atoms with van der Waals surface area (Å²) < 4.78 is 4.90. The third kappa shape index (κ3) is 1.70. The van der Waals surface area contributed by atoms with E-state index < -0.39 is 5.97 Å². The summed E-state index contributed by atoms with van der Waals surface area (Å²) in [4.78, 5) is 10.3. The van der Waals surface area contributed by atoms with Crippen molar-refractivity contribution in [2.24, 2.45) is 0 Å². The van der Waals surface area contributed by atoms with Gasteiger partial charge in [0.2, 0.25) is 5.76 Å². The van der Waals surface area contributed by atoms with Gasteiger partial charge in [-0.2, -0.15) is 0 Å². The molecule has 0 aliphatic heterocycles. The Balaban J connectivity index is 2.90. The van der Waals surface area contributed by atoms with Crippen LogP contribution < -0.4 is 0 Å². The van der Waals surface area contributed by atoms with Gasteiger partial charge in [0, 0.05) is 0 Å². The number of carboxylic acid groups (broad SMARTS) is 1. The fourth-order valence-electron chi connectivity index (χ4n) is 0.722. The van der Waals surface area contributed by atoms with Gasteiger partial charge in [-0.25, -0.2) is 4.79 Å². The summed E-state index contributed by atoms with van der Waals surface area (Å²) >= 11 is 0. The molecule has 0 saturated heterocycles. The van der Waals surface area contributed by atoms with Crippen LogP contribution in [0.25, 0.3) is 6.08 Å². The molecule has 0 aliphatic rings. The number of rotatable bonds is 2. The largest absolute Gasteiger partial charge is 0.475 e. The first-order valence-corrected chi connectivity index (χ1v) is 3.20. The van der Waals surface area contributed by atoms with Crippen molar-refractivity contribution >= 4 is 12.0 Å². The standard InChI is InChI=1S/C8H8O3/c1-2-3-6-4-5-7(11-6)8(9)10/h2-5H,1H3,(H,9,10)/b3-2+. The summed E-state index contributed by atoms with van der Waals surface area (Å²) in [5.41, 5.74) is 0. The highest BCUT2D eigenvalue weighted by atomic mass is 16.4. The zero-order chi connectivity index (χ0) is 8.27. The number of aromatic carboxylic acids is 1. The van der Waals surface area contributed by atoms with Crippen molar-refractivity contribution < 1.29 is 14.3 Å². The van der Waals surface area contributed by atoms with Gasteiger partial charge in [0.25, 0.3) is 0 Å². The SMILES string of the molecule is C/C=C/c1ccc(C(=O)O)o1. The van der Waals surface area contributed by atoms with E-state index in [-0.39, 0.29) is 5.76 Å². The number of carbonyl (C=O) groups is 1. The van der Waals surface area contributed by atoms with Gasteiger partial charge in [-0.1, -0.05) is 6.08 Å². The minimum atomic E-state index is -1.04. The molecule has 0 spiro atoms. The monoisotopic (exact) mass is 152 g/mol. The Bertz CT molecular complexity index is 283. The zero-order valence-electron chi connectivity index (χ0n) is 6.07. The number of allylic oxidation sites excluding steroid dienone is 1. The normalized spacial score (nSPS) is 10.6. The van der Waals surface area contributed by atoms with Crippen LogP contribution in [0.4, 0.5) is 0 Å². The fraction of sp³-hybridized carbons (Fsp3) is 0.125. The molecule has 3 heteroatoms. The molecule has 0 fully saturated rings. The number of hydrogen-bond acceptors (Lipinski definition) is 2. The maximum absolute atomic E-state index is 10.3. The van der Waals surface area contributed by atoms with Crippen molar-refractivity contribution in [3.05, 3.63) is 29.7 Å². The lowest BCUT2D eigenvalue weighted by atomic mass is 10.4. The quantitative estimate of drug-likeness (QED) is 0.705. The minimum absolute atomic E-state index is 0.0295. The van der Waals surface area contributed by atoms with Crippen LogP contribution in [-0.2, 0) is 0 Å². The minimum Gasteiger partial charge on any atom is -0.475 e. The van der Waals surface area contributed by atoms with Gasteiger partial charge in [-0.15, -0.1) is 0 Å². The Kier molecular flexibility index (Phi) is 2.11. The number of hydrogen-bond donors (Lipinski definition) is 1. The fourth-order valence-corrected chi connectivity index (χ4v) is 0.722. The lowest BCUT2D eigenvalue weighted by Gasteiger charge is -1.84. The third-order valence-electron chi connectivity index (χ3n) is 1.17. The summed E-state index contributed by atoms with van der Waals surface area (Å²) in [6.07, 6.45) is 3.48. The molecule has 0 saturated carbocycles. The predicted octanol–water partition coefficient (Wildman–Crippen LogP) is 2.01. The average molecular weight is 152 g/mol. The molecule has 0 atom stereocenters. The molecule has 11 heavy (non-hydrogen) atoms. The molecule has 1 N–H and O–H groups in total. The molecule has 1 aromatic heterocycles. The average Bonchev–Trinajstić information content (AvgIpc) is 2.37. The first-order valence-electron chi connectivity index (χ1n) is 3.20. The molecule has 0 aromatic carbocycles. The van der Waals surface area contributed by atoms with Crippen LogP contribution in [0, 0.1) is 0 Å². The molecule has 1 aromatic rings. The van der Waals surface area contributed by atoms with Crippen molar-refractivity contribution in [2.45, 2.75) is 6.92 Å². The van der Waals surface area contributed by atoms with Gasteiger partial charge in [-0.05, 0) is 25.1 Å². The summed E-state index contributed by atoms with van der Waals surface area (Å²) in [6.45, 7) is 1.84. The molecule has 0 radical (unpaired) electrons. The molecule has 0 aliphatic carbocycles.